The summed E-state index contributed by atoms with van der Waals surface area (Å²) in [5, 5.41) is 0. The maximum Gasteiger partial charge on any atom is 0.00897 e. The fraction of sp³-hybridized carbons (Fsp3) is 1.00. The Kier molecular flexibility index (Phi) is 17.6. The molecule has 2 nitrogen and oxygen atoms in total. The van der Waals surface area contributed by atoms with Crippen molar-refractivity contribution in [1.82, 2.24) is 8.61 Å². The number of rotatable bonds is 6. The lowest BCUT2D eigenvalue weighted by Gasteiger charge is -2.24. The van der Waals surface area contributed by atoms with Gasteiger partial charge in [0.25, 0.3) is 0 Å². The van der Waals surface area contributed by atoms with Crippen LogP contribution in [0.1, 0.15) is 27.7 Å². The van der Waals surface area contributed by atoms with Crippen molar-refractivity contribution in [2.24, 2.45) is 0 Å². The number of hydrogen-bond acceptors (Lipinski definition) is 3. The Morgan fingerprint density at radius 3 is 1.08 bits per heavy atom. The van der Waals surface area contributed by atoms with Gasteiger partial charge in [-0.1, -0.05) is 27.7 Å². The Bertz CT molecular complexity index is 78.2. The molecule has 0 aliphatic carbocycles. The summed E-state index contributed by atoms with van der Waals surface area (Å²) in [7, 11) is 0. The van der Waals surface area contributed by atoms with Crippen molar-refractivity contribution in [2.75, 3.05) is 26.2 Å². The second kappa shape index (κ2) is 12.1. The molecule has 0 rings (SSSR count). The van der Waals surface area contributed by atoms with Crippen LogP contribution in [0, 0.1) is 0 Å². The van der Waals surface area contributed by atoms with Crippen LogP contribution in [0.25, 0.3) is 0 Å². The van der Waals surface area contributed by atoms with E-state index in [0.717, 1.165) is 26.2 Å². The molecule has 0 saturated heterocycles. The van der Waals surface area contributed by atoms with Gasteiger partial charge in [-0.05, 0) is 0 Å². The minimum Gasteiger partial charge on any atom is -0.269 e. The van der Waals surface area contributed by atoms with Crippen molar-refractivity contribution >= 4 is 12.1 Å². The molecular formula is C8H22F2N2S. The smallest absolute Gasteiger partial charge is 0.00897 e. The van der Waals surface area contributed by atoms with Gasteiger partial charge in [0, 0.05) is 38.3 Å². The summed E-state index contributed by atoms with van der Waals surface area (Å²) >= 11 is 1.86. The van der Waals surface area contributed by atoms with Crippen LogP contribution in [0.2, 0.25) is 0 Å². The summed E-state index contributed by atoms with van der Waals surface area (Å²) in [6, 6.07) is 0. The zero-order valence-electron chi connectivity index (χ0n) is 8.95. The second-order valence-corrected chi connectivity index (χ2v) is 3.51. The highest BCUT2D eigenvalue weighted by Gasteiger charge is 2.04. The Hall–Kier alpha value is 0.130. The highest BCUT2D eigenvalue weighted by molar-refractivity contribution is 7.94. The van der Waals surface area contributed by atoms with Crippen molar-refractivity contribution in [3.05, 3.63) is 0 Å². The molecule has 0 bridgehead atoms. The molecule has 84 valence electrons. The molecule has 0 fully saturated rings. The maximum absolute atomic E-state index is 2.35. The number of halogens is 2. The fourth-order valence-corrected chi connectivity index (χ4v) is 1.63. The highest BCUT2D eigenvalue weighted by Crippen LogP contribution is 2.13. The van der Waals surface area contributed by atoms with Crippen LogP contribution in [0.3, 0.4) is 0 Å². The third-order valence-corrected chi connectivity index (χ3v) is 3.14. The van der Waals surface area contributed by atoms with Crippen LogP contribution in [0.15, 0.2) is 0 Å². The third-order valence-electron chi connectivity index (χ3n) is 1.64. The standard InChI is InChI=1S/C8H20N2S.2FH/c1-5-9(6-2)11-10(7-3)8-4;;/h5-8H2,1-4H3;2*1H. The zero-order chi connectivity index (χ0) is 8.69. The molecule has 0 aromatic rings. The summed E-state index contributed by atoms with van der Waals surface area (Å²) in [6.45, 7) is 13.3. The van der Waals surface area contributed by atoms with Crippen molar-refractivity contribution in [3.8, 4) is 0 Å². The average Bonchev–Trinajstić information content (AvgIpc) is 2.07. The minimum atomic E-state index is 0. The van der Waals surface area contributed by atoms with Crippen LogP contribution in [-0.2, 0) is 0 Å². The largest absolute Gasteiger partial charge is 0.269 e. The zero-order valence-corrected chi connectivity index (χ0v) is 9.76. The Labute approximate surface area is 84.7 Å². The van der Waals surface area contributed by atoms with E-state index in [1.807, 2.05) is 12.1 Å². The molecule has 0 atom stereocenters. The molecule has 0 aliphatic heterocycles. The van der Waals surface area contributed by atoms with E-state index in [-0.39, 0.29) is 9.41 Å². The van der Waals surface area contributed by atoms with E-state index in [2.05, 4.69) is 36.3 Å². The van der Waals surface area contributed by atoms with Gasteiger partial charge in [0.15, 0.2) is 0 Å². The fourth-order valence-electron chi connectivity index (χ4n) is 0.841. The monoisotopic (exact) mass is 216 g/mol. The molecule has 0 aliphatic rings. The lowest BCUT2D eigenvalue weighted by molar-refractivity contribution is 0.455. The summed E-state index contributed by atoms with van der Waals surface area (Å²) in [6.07, 6.45) is 0. The first-order chi connectivity index (χ1) is 5.28. The van der Waals surface area contributed by atoms with Gasteiger partial charge in [-0.2, -0.15) is 0 Å². The van der Waals surface area contributed by atoms with Crippen molar-refractivity contribution in [3.63, 3.8) is 0 Å². The second-order valence-electron chi connectivity index (χ2n) is 2.31. The average molecular weight is 216 g/mol. The van der Waals surface area contributed by atoms with Crippen molar-refractivity contribution in [1.29, 1.82) is 0 Å². The van der Waals surface area contributed by atoms with Crippen LogP contribution >= 0.6 is 12.1 Å². The molecule has 0 aromatic carbocycles. The Balaban J connectivity index is -0.000000500. The summed E-state index contributed by atoms with van der Waals surface area (Å²) in [5.41, 5.74) is 0. The predicted molar refractivity (Wildman–Crippen MR) is 58.4 cm³/mol. The topological polar surface area (TPSA) is 6.48 Å². The van der Waals surface area contributed by atoms with Gasteiger partial charge in [-0.25, -0.2) is 8.61 Å². The molecule has 0 spiro atoms. The molecule has 0 aromatic heterocycles. The first kappa shape index (κ1) is 18.8. The SMILES string of the molecule is CCN(CC)SN(CC)CC.F.F. The molecule has 13 heavy (non-hydrogen) atoms. The van der Waals surface area contributed by atoms with Gasteiger partial charge in [-0.15, -0.1) is 0 Å². The molecule has 0 heterocycles. The summed E-state index contributed by atoms with van der Waals surface area (Å²) < 4.78 is 4.71. The Morgan fingerprint density at radius 1 is 0.692 bits per heavy atom. The first-order valence-electron chi connectivity index (χ1n) is 4.46. The van der Waals surface area contributed by atoms with Gasteiger partial charge >= 0.3 is 0 Å². The highest BCUT2D eigenvalue weighted by atomic mass is 32.2. The predicted octanol–water partition coefficient (Wildman–Crippen LogP) is 2.54. The van der Waals surface area contributed by atoms with E-state index in [9.17, 15) is 0 Å². The van der Waals surface area contributed by atoms with Gasteiger partial charge in [-0.3, -0.25) is 9.41 Å². The van der Waals surface area contributed by atoms with E-state index in [1.165, 1.54) is 0 Å². The first-order valence-corrected chi connectivity index (χ1v) is 5.19. The van der Waals surface area contributed by atoms with Crippen molar-refractivity contribution < 1.29 is 9.41 Å². The van der Waals surface area contributed by atoms with E-state index in [4.69, 9.17) is 0 Å². The lowest BCUT2D eigenvalue weighted by Crippen LogP contribution is -2.24. The minimum absolute atomic E-state index is 0. The van der Waals surface area contributed by atoms with E-state index in [1.54, 1.807) is 0 Å². The molecule has 0 saturated carbocycles. The van der Waals surface area contributed by atoms with Gasteiger partial charge in [0.2, 0.25) is 0 Å². The van der Waals surface area contributed by atoms with Gasteiger partial charge in [0.05, 0.1) is 0 Å². The van der Waals surface area contributed by atoms with Crippen LogP contribution in [-0.4, -0.2) is 34.8 Å². The molecular weight excluding hydrogens is 194 g/mol. The maximum atomic E-state index is 2.35. The molecule has 5 heteroatoms. The van der Waals surface area contributed by atoms with Crippen molar-refractivity contribution in [2.45, 2.75) is 27.7 Å². The Morgan fingerprint density at radius 2 is 0.923 bits per heavy atom. The normalized spacial score (nSPS) is 9.69. The number of hydrogen-bond donors (Lipinski definition) is 0. The molecule has 0 amide bonds. The number of nitrogens with zero attached hydrogens (tertiary/aromatic N) is 2. The molecule has 0 unspecified atom stereocenters. The quantitative estimate of drug-likeness (QED) is 0.630. The summed E-state index contributed by atoms with van der Waals surface area (Å²) in [4.78, 5) is 0. The van der Waals surface area contributed by atoms with E-state index in [0.29, 0.717) is 0 Å². The van der Waals surface area contributed by atoms with Gasteiger partial charge < -0.3 is 0 Å². The summed E-state index contributed by atoms with van der Waals surface area (Å²) in [5.74, 6) is 0. The molecule has 0 N–H and O–H groups in total. The van der Waals surface area contributed by atoms with Crippen LogP contribution in [0.4, 0.5) is 9.41 Å². The van der Waals surface area contributed by atoms with Gasteiger partial charge in [0.1, 0.15) is 0 Å². The van der Waals surface area contributed by atoms with E-state index < -0.39 is 0 Å². The lowest BCUT2D eigenvalue weighted by atomic mass is 10.7. The molecule has 0 radical (unpaired) electrons. The van der Waals surface area contributed by atoms with Crippen LogP contribution in [0.5, 0.6) is 0 Å². The third kappa shape index (κ3) is 8.46. The van der Waals surface area contributed by atoms with E-state index >= 15 is 0 Å². The van der Waals surface area contributed by atoms with Crippen LogP contribution < -0.4 is 0 Å².